The topological polar surface area (TPSA) is 125 Å². The Balaban J connectivity index is 1.97. The van der Waals surface area contributed by atoms with Crippen molar-refractivity contribution in [3.8, 4) is 23.0 Å². The Bertz CT molecular complexity index is 838. The molecule has 0 saturated carbocycles. The normalized spacial score (nSPS) is 11.7. The number of primary sulfonamides is 1. The van der Waals surface area contributed by atoms with Crippen molar-refractivity contribution in [2.24, 2.45) is 5.14 Å². The zero-order valence-electron chi connectivity index (χ0n) is 9.92. The number of aromatic nitrogens is 3. The van der Waals surface area contributed by atoms with Crippen molar-refractivity contribution in [1.29, 1.82) is 0 Å². The lowest BCUT2D eigenvalue weighted by Crippen LogP contribution is -2.10. The van der Waals surface area contributed by atoms with E-state index >= 15 is 0 Å². The second kappa shape index (κ2) is 4.54. The second-order valence-corrected chi connectivity index (χ2v) is 5.32. The predicted molar refractivity (Wildman–Crippen MR) is 66.6 cm³/mol. The van der Waals surface area contributed by atoms with Crippen molar-refractivity contribution >= 4 is 10.0 Å². The number of furan rings is 1. The van der Waals surface area contributed by atoms with E-state index in [1.54, 1.807) is 24.5 Å². The number of nitrogens with zero attached hydrogens (tertiary/aromatic N) is 3. The average molecular weight is 292 g/mol. The van der Waals surface area contributed by atoms with Crippen molar-refractivity contribution in [2.75, 3.05) is 0 Å². The SMILES string of the molecule is NS(=O)(=O)c1ccc(-c2nc(-c3ccncc3)no2)o1. The standard InChI is InChI=1S/C11H8N4O4S/c12-20(16,17)9-2-1-8(18-9)11-14-10(15-19-11)7-3-5-13-6-4-7/h1-6H,(H2,12,16,17). The highest BCUT2D eigenvalue weighted by Gasteiger charge is 2.18. The number of nitrogens with two attached hydrogens (primary N) is 1. The van der Waals surface area contributed by atoms with Crippen LogP contribution in [0.5, 0.6) is 0 Å². The molecular formula is C11H8N4O4S. The van der Waals surface area contributed by atoms with Crippen LogP contribution in [0, 0.1) is 0 Å². The van der Waals surface area contributed by atoms with E-state index in [4.69, 9.17) is 14.1 Å². The highest BCUT2D eigenvalue weighted by molar-refractivity contribution is 7.89. The first-order valence-electron chi connectivity index (χ1n) is 5.41. The molecule has 0 aliphatic rings. The molecular weight excluding hydrogens is 284 g/mol. The molecule has 0 bridgehead atoms. The maximum Gasteiger partial charge on any atom is 0.293 e. The lowest BCUT2D eigenvalue weighted by atomic mass is 10.2. The molecule has 20 heavy (non-hydrogen) atoms. The largest absolute Gasteiger partial charge is 0.438 e. The maximum absolute atomic E-state index is 11.1. The van der Waals surface area contributed by atoms with Crippen LogP contribution in [0.15, 0.2) is 50.7 Å². The molecule has 0 saturated heterocycles. The minimum Gasteiger partial charge on any atom is -0.438 e. The third-order valence-corrected chi connectivity index (χ3v) is 3.22. The summed E-state index contributed by atoms with van der Waals surface area (Å²) < 4.78 is 32.3. The first-order valence-corrected chi connectivity index (χ1v) is 6.96. The van der Waals surface area contributed by atoms with E-state index < -0.39 is 10.0 Å². The van der Waals surface area contributed by atoms with Crippen molar-refractivity contribution in [3.63, 3.8) is 0 Å². The van der Waals surface area contributed by atoms with E-state index in [2.05, 4.69) is 15.1 Å². The third kappa shape index (κ3) is 2.31. The van der Waals surface area contributed by atoms with Crippen LogP contribution >= 0.6 is 0 Å². The van der Waals surface area contributed by atoms with Crippen molar-refractivity contribution in [2.45, 2.75) is 5.09 Å². The van der Waals surface area contributed by atoms with Gasteiger partial charge in [0.2, 0.25) is 10.9 Å². The molecule has 3 aromatic heterocycles. The van der Waals surface area contributed by atoms with Crippen molar-refractivity contribution in [3.05, 3.63) is 36.7 Å². The van der Waals surface area contributed by atoms with Gasteiger partial charge in [0.25, 0.3) is 15.9 Å². The molecule has 8 nitrogen and oxygen atoms in total. The smallest absolute Gasteiger partial charge is 0.293 e. The molecule has 0 radical (unpaired) electrons. The van der Waals surface area contributed by atoms with Crippen LogP contribution < -0.4 is 5.14 Å². The van der Waals surface area contributed by atoms with Gasteiger partial charge >= 0.3 is 0 Å². The van der Waals surface area contributed by atoms with Gasteiger partial charge in [-0.25, -0.2) is 13.6 Å². The molecule has 2 N–H and O–H groups in total. The zero-order valence-corrected chi connectivity index (χ0v) is 10.7. The molecule has 0 aliphatic heterocycles. The van der Waals surface area contributed by atoms with Gasteiger partial charge in [0.15, 0.2) is 5.76 Å². The molecule has 0 amide bonds. The summed E-state index contributed by atoms with van der Waals surface area (Å²) in [6.07, 6.45) is 3.19. The molecule has 3 rings (SSSR count). The molecule has 0 spiro atoms. The fourth-order valence-corrected chi connectivity index (χ4v) is 1.99. The highest BCUT2D eigenvalue weighted by Crippen LogP contribution is 2.24. The van der Waals surface area contributed by atoms with Crippen LogP contribution in [0.25, 0.3) is 23.0 Å². The number of sulfonamides is 1. The number of pyridine rings is 1. The molecule has 0 aromatic carbocycles. The van der Waals surface area contributed by atoms with Gasteiger partial charge in [0.05, 0.1) is 0 Å². The summed E-state index contributed by atoms with van der Waals surface area (Å²) in [5.41, 5.74) is 0.716. The number of rotatable bonds is 3. The molecule has 0 fully saturated rings. The van der Waals surface area contributed by atoms with Crippen molar-refractivity contribution < 1.29 is 17.4 Å². The molecule has 0 atom stereocenters. The van der Waals surface area contributed by atoms with Crippen LogP contribution in [0.2, 0.25) is 0 Å². The molecule has 0 unspecified atom stereocenters. The van der Waals surface area contributed by atoms with Crippen LogP contribution in [0.1, 0.15) is 0 Å². The third-order valence-electron chi connectivity index (χ3n) is 2.44. The Hall–Kier alpha value is -2.52. The summed E-state index contributed by atoms with van der Waals surface area (Å²) >= 11 is 0. The summed E-state index contributed by atoms with van der Waals surface area (Å²) in [7, 11) is -3.90. The number of hydrogen-bond donors (Lipinski definition) is 1. The Morgan fingerprint density at radius 1 is 1.10 bits per heavy atom. The molecule has 3 heterocycles. The predicted octanol–water partition coefficient (Wildman–Crippen LogP) is 1.04. The fourth-order valence-electron chi connectivity index (χ4n) is 1.53. The lowest BCUT2D eigenvalue weighted by molar-refractivity contribution is 0.399. The second-order valence-electron chi connectivity index (χ2n) is 3.82. The first kappa shape index (κ1) is 12.5. The van der Waals surface area contributed by atoms with Crippen LogP contribution in [0.4, 0.5) is 0 Å². The van der Waals surface area contributed by atoms with Gasteiger partial charge in [0.1, 0.15) is 0 Å². The lowest BCUT2D eigenvalue weighted by Gasteiger charge is -1.90. The minimum atomic E-state index is -3.90. The molecule has 0 aliphatic carbocycles. The fraction of sp³-hybridized carbons (Fsp3) is 0. The van der Waals surface area contributed by atoms with Gasteiger partial charge in [-0.05, 0) is 24.3 Å². The van der Waals surface area contributed by atoms with Gasteiger partial charge in [-0.15, -0.1) is 0 Å². The van der Waals surface area contributed by atoms with Gasteiger partial charge in [0, 0.05) is 18.0 Å². The van der Waals surface area contributed by atoms with Crippen molar-refractivity contribution in [1.82, 2.24) is 15.1 Å². The molecule has 3 aromatic rings. The van der Waals surface area contributed by atoms with Gasteiger partial charge in [-0.1, -0.05) is 5.16 Å². The van der Waals surface area contributed by atoms with E-state index in [0.29, 0.717) is 11.4 Å². The Kier molecular flexibility index (Phi) is 2.84. The average Bonchev–Trinajstić information content (AvgIpc) is 3.08. The van der Waals surface area contributed by atoms with Gasteiger partial charge < -0.3 is 8.94 Å². The zero-order chi connectivity index (χ0) is 14.2. The maximum atomic E-state index is 11.1. The quantitative estimate of drug-likeness (QED) is 0.764. The molecule has 102 valence electrons. The summed E-state index contributed by atoms with van der Waals surface area (Å²) in [5, 5.41) is 8.36. The van der Waals surface area contributed by atoms with E-state index in [9.17, 15) is 8.42 Å². The molecule has 9 heteroatoms. The van der Waals surface area contributed by atoms with Gasteiger partial charge in [-0.2, -0.15) is 4.98 Å². The summed E-state index contributed by atoms with van der Waals surface area (Å²) in [5.74, 6) is 0.532. The number of hydrogen-bond acceptors (Lipinski definition) is 7. The van der Waals surface area contributed by atoms with E-state index in [-0.39, 0.29) is 16.7 Å². The van der Waals surface area contributed by atoms with E-state index in [1.165, 1.54) is 12.1 Å². The monoisotopic (exact) mass is 292 g/mol. The summed E-state index contributed by atoms with van der Waals surface area (Å²) in [4.78, 5) is 7.99. The Labute approximate surface area is 113 Å². The Morgan fingerprint density at radius 3 is 2.50 bits per heavy atom. The van der Waals surface area contributed by atoms with E-state index in [0.717, 1.165) is 0 Å². The first-order chi connectivity index (χ1) is 9.54. The Morgan fingerprint density at radius 2 is 1.85 bits per heavy atom. The van der Waals surface area contributed by atoms with E-state index in [1.807, 2.05) is 0 Å². The minimum absolute atomic E-state index is 0.0618. The summed E-state index contributed by atoms with van der Waals surface area (Å²) in [6.45, 7) is 0. The van der Waals surface area contributed by atoms with Crippen LogP contribution in [0.3, 0.4) is 0 Å². The summed E-state index contributed by atoms with van der Waals surface area (Å²) in [6, 6.07) is 6.05. The van der Waals surface area contributed by atoms with Gasteiger partial charge in [-0.3, -0.25) is 4.98 Å². The highest BCUT2D eigenvalue weighted by atomic mass is 32.2. The van der Waals surface area contributed by atoms with Crippen LogP contribution in [-0.2, 0) is 10.0 Å². The van der Waals surface area contributed by atoms with Crippen LogP contribution in [-0.4, -0.2) is 23.5 Å².